The Morgan fingerprint density at radius 2 is 2.50 bits per heavy atom. The molecule has 0 aliphatic rings. The van der Waals surface area contributed by atoms with Crippen LogP contribution in [0.4, 0.5) is 5.82 Å². The molecule has 0 saturated carbocycles. The summed E-state index contributed by atoms with van der Waals surface area (Å²) in [7, 11) is 0. The lowest BCUT2D eigenvalue weighted by atomic mass is 10.2. The SMILES string of the molecule is CC(CN)C(=O)Nc1ncccc1Cl. The van der Waals surface area contributed by atoms with Crippen molar-refractivity contribution < 1.29 is 4.79 Å². The maximum Gasteiger partial charge on any atom is 0.229 e. The third kappa shape index (κ3) is 2.68. The van der Waals surface area contributed by atoms with E-state index in [1.807, 2.05) is 0 Å². The molecular formula is C9H12ClN3O. The summed E-state index contributed by atoms with van der Waals surface area (Å²) in [5.74, 6) is -0.0411. The van der Waals surface area contributed by atoms with Gasteiger partial charge in [-0.15, -0.1) is 0 Å². The van der Waals surface area contributed by atoms with Crippen molar-refractivity contribution in [2.75, 3.05) is 11.9 Å². The van der Waals surface area contributed by atoms with Crippen molar-refractivity contribution >= 4 is 23.3 Å². The number of halogens is 1. The molecule has 1 atom stereocenters. The Morgan fingerprint density at radius 3 is 3.07 bits per heavy atom. The van der Waals surface area contributed by atoms with Gasteiger partial charge in [0, 0.05) is 18.7 Å². The Balaban J connectivity index is 2.70. The van der Waals surface area contributed by atoms with Crippen LogP contribution < -0.4 is 11.1 Å². The standard InChI is InChI=1S/C9H12ClN3O/c1-6(5-11)9(14)13-8-7(10)3-2-4-12-8/h2-4,6H,5,11H2,1H3,(H,12,13,14). The highest BCUT2D eigenvalue weighted by Crippen LogP contribution is 2.17. The van der Waals surface area contributed by atoms with Crippen molar-refractivity contribution in [2.45, 2.75) is 6.92 Å². The van der Waals surface area contributed by atoms with Crippen LogP contribution >= 0.6 is 11.6 Å². The van der Waals surface area contributed by atoms with Crippen molar-refractivity contribution in [1.29, 1.82) is 0 Å². The summed E-state index contributed by atoms with van der Waals surface area (Å²) in [5, 5.41) is 3.02. The van der Waals surface area contributed by atoms with Crippen LogP contribution in [0.3, 0.4) is 0 Å². The van der Waals surface area contributed by atoms with Crippen molar-refractivity contribution in [3.8, 4) is 0 Å². The van der Waals surface area contributed by atoms with Crippen LogP contribution in [0.25, 0.3) is 0 Å². The van der Waals surface area contributed by atoms with E-state index in [0.29, 0.717) is 17.4 Å². The Morgan fingerprint density at radius 1 is 1.79 bits per heavy atom. The minimum Gasteiger partial charge on any atom is -0.330 e. The predicted molar refractivity (Wildman–Crippen MR) is 56.1 cm³/mol. The highest BCUT2D eigenvalue weighted by molar-refractivity contribution is 6.33. The van der Waals surface area contributed by atoms with Crippen LogP contribution in [0, 0.1) is 5.92 Å². The first-order chi connectivity index (χ1) is 6.65. The second-order valence-corrected chi connectivity index (χ2v) is 3.37. The van der Waals surface area contributed by atoms with E-state index in [4.69, 9.17) is 17.3 Å². The fourth-order valence-corrected chi connectivity index (χ4v) is 0.993. The van der Waals surface area contributed by atoms with Crippen LogP contribution in [-0.2, 0) is 4.79 Å². The number of carbonyl (C=O) groups is 1. The van der Waals surface area contributed by atoms with Gasteiger partial charge in [-0.05, 0) is 12.1 Å². The van der Waals surface area contributed by atoms with Gasteiger partial charge in [0.05, 0.1) is 5.02 Å². The van der Waals surface area contributed by atoms with E-state index in [0.717, 1.165) is 0 Å². The first-order valence-electron chi connectivity index (χ1n) is 4.26. The lowest BCUT2D eigenvalue weighted by Crippen LogP contribution is -2.27. The predicted octanol–water partition coefficient (Wildman–Crippen LogP) is 1.27. The fraction of sp³-hybridized carbons (Fsp3) is 0.333. The first kappa shape index (κ1) is 10.9. The van der Waals surface area contributed by atoms with Gasteiger partial charge < -0.3 is 11.1 Å². The average Bonchev–Trinajstić information content (AvgIpc) is 2.20. The second kappa shape index (κ2) is 4.93. The summed E-state index contributed by atoms with van der Waals surface area (Å²) in [4.78, 5) is 15.3. The summed E-state index contributed by atoms with van der Waals surface area (Å²) in [6, 6.07) is 3.36. The summed E-state index contributed by atoms with van der Waals surface area (Å²) in [6.45, 7) is 2.04. The number of amides is 1. The van der Waals surface area contributed by atoms with Gasteiger partial charge in [-0.3, -0.25) is 4.79 Å². The number of pyridine rings is 1. The van der Waals surface area contributed by atoms with Gasteiger partial charge in [-0.2, -0.15) is 0 Å². The zero-order valence-corrected chi connectivity index (χ0v) is 8.58. The van der Waals surface area contributed by atoms with Crippen LogP contribution in [0.5, 0.6) is 0 Å². The Hall–Kier alpha value is -1.13. The minimum absolute atomic E-state index is 0.173. The minimum atomic E-state index is -0.243. The van der Waals surface area contributed by atoms with Gasteiger partial charge in [0.1, 0.15) is 0 Å². The average molecular weight is 214 g/mol. The van der Waals surface area contributed by atoms with Crippen molar-refractivity contribution in [1.82, 2.24) is 4.98 Å². The maximum atomic E-state index is 11.4. The van der Waals surface area contributed by atoms with Crippen LogP contribution in [0.15, 0.2) is 18.3 Å². The van der Waals surface area contributed by atoms with Crippen molar-refractivity contribution in [3.05, 3.63) is 23.4 Å². The van der Waals surface area contributed by atoms with E-state index >= 15 is 0 Å². The maximum absolute atomic E-state index is 11.4. The topological polar surface area (TPSA) is 68.0 Å². The van der Waals surface area contributed by atoms with Gasteiger partial charge in [-0.1, -0.05) is 18.5 Å². The van der Waals surface area contributed by atoms with Gasteiger partial charge in [0.15, 0.2) is 5.82 Å². The number of nitrogens with two attached hydrogens (primary N) is 1. The number of rotatable bonds is 3. The van der Waals surface area contributed by atoms with Gasteiger partial charge >= 0.3 is 0 Å². The number of hydrogen-bond acceptors (Lipinski definition) is 3. The van der Waals surface area contributed by atoms with Gasteiger partial charge in [0.2, 0.25) is 5.91 Å². The zero-order chi connectivity index (χ0) is 10.6. The molecular weight excluding hydrogens is 202 g/mol. The normalized spacial score (nSPS) is 12.2. The van der Waals surface area contributed by atoms with E-state index < -0.39 is 0 Å². The van der Waals surface area contributed by atoms with E-state index in [-0.39, 0.29) is 11.8 Å². The van der Waals surface area contributed by atoms with Gasteiger partial charge in [0.25, 0.3) is 0 Å². The number of anilines is 1. The summed E-state index contributed by atoms with van der Waals surface area (Å²) >= 11 is 5.81. The molecule has 0 aliphatic heterocycles. The molecule has 14 heavy (non-hydrogen) atoms. The Labute approximate surface area is 87.5 Å². The lowest BCUT2D eigenvalue weighted by molar-refractivity contribution is -0.119. The monoisotopic (exact) mass is 213 g/mol. The van der Waals surface area contributed by atoms with E-state index in [1.165, 1.54) is 0 Å². The van der Waals surface area contributed by atoms with Crippen molar-refractivity contribution in [2.24, 2.45) is 11.7 Å². The smallest absolute Gasteiger partial charge is 0.229 e. The van der Waals surface area contributed by atoms with Crippen LogP contribution in [0.2, 0.25) is 5.02 Å². The molecule has 1 unspecified atom stereocenters. The molecule has 76 valence electrons. The first-order valence-corrected chi connectivity index (χ1v) is 4.64. The quantitative estimate of drug-likeness (QED) is 0.795. The number of carbonyl (C=O) groups excluding carboxylic acids is 1. The molecule has 4 nitrogen and oxygen atoms in total. The molecule has 0 bridgehead atoms. The molecule has 1 aromatic heterocycles. The van der Waals surface area contributed by atoms with Crippen LogP contribution in [0.1, 0.15) is 6.92 Å². The molecule has 0 aromatic carbocycles. The molecule has 1 aromatic rings. The highest BCUT2D eigenvalue weighted by atomic mass is 35.5. The van der Waals surface area contributed by atoms with Gasteiger partial charge in [-0.25, -0.2) is 4.98 Å². The molecule has 1 heterocycles. The van der Waals surface area contributed by atoms with E-state index in [2.05, 4.69) is 10.3 Å². The summed E-state index contributed by atoms with van der Waals surface area (Å²) in [5.41, 5.74) is 5.35. The number of aromatic nitrogens is 1. The Kier molecular flexibility index (Phi) is 3.85. The molecule has 0 saturated heterocycles. The largest absolute Gasteiger partial charge is 0.330 e. The second-order valence-electron chi connectivity index (χ2n) is 2.96. The Bertz CT molecular complexity index is 330. The molecule has 0 radical (unpaired) electrons. The molecule has 0 fully saturated rings. The number of nitrogens with one attached hydrogen (secondary N) is 1. The third-order valence-corrected chi connectivity index (χ3v) is 2.11. The number of nitrogens with zero attached hydrogens (tertiary/aromatic N) is 1. The number of hydrogen-bond donors (Lipinski definition) is 2. The molecule has 0 spiro atoms. The van der Waals surface area contributed by atoms with E-state index in [1.54, 1.807) is 25.3 Å². The highest BCUT2D eigenvalue weighted by Gasteiger charge is 2.12. The molecule has 5 heteroatoms. The molecule has 1 amide bonds. The van der Waals surface area contributed by atoms with Crippen LogP contribution in [-0.4, -0.2) is 17.4 Å². The zero-order valence-electron chi connectivity index (χ0n) is 7.83. The third-order valence-electron chi connectivity index (χ3n) is 1.80. The molecule has 0 aliphatic carbocycles. The lowest BCUT2D eigenvalue weighted by Gasteiger charge is -2.09. The summed E-state index contributed by atoms with van der Waals surface area (Å²) in [6.07, 6.45) is 1.56. The molecule has 1 rings (SSSR count). The van der Waals surface area contributed by atoms with Crippen molar-refractivity contribution in [3.63, 3.8) is 0 Å². The molecule has 3 N–H and O–H groups in total. The fourth-order valence-electron chi connectivity index (χ4n) is 0.825. The summed E-state index contributed by atoms with van der Waals surface area (Å²) < 4.78 is 0. The van der Waals surface area contributed by atoms with E-state index in [9.17, 15) is 4.79 Å².